The highest BCUT2D eigenvalue weighted by atomic mass is 16.7. The van der Waals surface area contributed by atoms with Crippen LogP contribution in [0.15, 0.2) is 36.5 Å². The molecule has 1 N–H and O–H groups in total. The molecule has 0 spiro atoms. The van der Waals surface area contributed by atoms with E-state index in [1.54, 1.807) is 6.20 Å². The van der Waals surface area contributed by atoms with Gasteiger partial charge in [0.15, 0.2) is 11.5 Å². The van der Waals surface area contributed by atoms with E-state index in [1.165, 1.54) is 0 Å². The van der Waals surface area contributed by atoms with Gasteiger partial charge >= 0.3 is 0 Å². The maximum Gasteiger partial charge on any atom is 0.231 e. The molecular weight excluding hydrogens is 242 g/mol. The second-order valence-corrected chi connectivity index (χ2v) is 4.04. The Morgan fingerprint density at radius 1 is 1.26 bits per heavy atom. The number of anilines is 1. The monoisotopic (exact) mass is 253 g/mol. The van der Waals surface area contributed by atoms with Gasteiger partial charge in [-0.15, -0.1) is 0 Å². The van der Waals surface area contributed by atoms with E-state index in [2.05, 4.69) is 16.4 Å². The average molecular weight is 253 g/mol. The third-order valence-electron chi connectivity index (χ3n) is 2.85. The number of ether oxygens (including phenoxy) is 2. The summed E-state index contributed by atoms with van der Waals surface area (Å²) in [5, 5.41) is 12.2. The summed E-state index contributed by atoms with van der Waals surface area (Å²) in [5.74, 6) is 1.49. The first-order valence-corrected chi connectivity index (χ1v) is 5.84. The summed E-state index contributed by atoms with van der Waals surface area (Å²) in [7, 11) is 0. The largest absolute Gasteiger partial charge is 0.454 e. The van der Waals surface area contributed by atoms with E-state index in [0.717, 1.165) is 22.7 Å². The van der Waals surface area contributed by atoms with Crippen molar-refractivity contribution in [3.05, 3.63) is 47.8 Å². The third-order valence-corrected chi connectivity index (χ3v) is 2.85. The van der Waals surface area contributed by atoms with Gasteiger partial charge in [-0.3, -0.25) is 0 Å². The maximum atomic E-state index is 8.97. The molecule has 0 saturated carbocycles. The van der Waals surface area contributed by atoms with E-state index in [1.807, 2.05) is 30.3 Å². The summed E-state index contributed by atoms with van der Waals surface area (Å²) in [6, 6.07) is 11.4. The van der Waals surface area contributed by atoms with Gasteiger partial charge in [0, 0.05) is 30.1 Å². The van der Waals surface area contributed by atoms with E-state index < -0.39 is 0 Å². The Balaban J connectivity index is 1.74. The topological polar surface area (TPSA) is 67.2 Å². The molecule has 0 saturated heterocycles. The number of nitrogens with one attached hydrogen (secondary N) is 1. The Kier molecular flexibility index (Phi) is 2.91. The normalized spacial score (nSPS) is 11.9. The van der Waals surface area contributed by atoms with Crippen LogP contribution < -0.4 is 14.8 Å². The number of fused-ring (bicyclic) bond motifs is 1. The molecule has 0 amide bonds. The number of aromatic nitrogens is 1. The second-order valence-electron chi connectivity index (χ2n) is 4.04. The van der Waals surface area contributed by atoms with Crippen LogP contribution in [-0.2, 0) is 6.54 Å². The van der Waals surface area contributed by atoms with Crippen molar-refractivity contribution in [1.29, 1.82) is 5.26 Å². The predicted octanol–water partition coefficient (Wildman–Crippen LogP) is 2.29. The van der Waals surface area contributed by atoms with Gasteiger partial charge < -0.3 is 14.8 Å². The van der Waals surface area contributed by atoms with Crippen molar-refractivity contribution in [1.82, 2.24) is 4.98 Å². The van der Waals surface area contributed by atoms with Gasteiger partial charge in [0.25, 0.3) is 0 Å². The van der Waals surface area contributed by atoms with Crippen molar-refractivity contribution >= 4 is 5.69 Å². The van der Waals surface area contributed by atoms with Crippen LogP contribution in [0.25, 0.3) is 0 Å². The Labute approximate surface area is 110 Å². The Hall–Kier alpha value is -2.74. The van der Waals surface area contributed by atoms with Gasteiger partial charge in [-0.25, -0.2) is 4.98 Å². The SMILES string of the molecule is N#Cc1ncccc1CNc1ccc2c(c1)OCO2. The average Bonchev–Trinajstić information content (AvgIpc) is 2.93. The highest BCUT2D eigenvalue weighted by molar-refractivity contribution is 5.56. The molecule has 0 atom stereocenters. The summed E-state index contributed by atoms with van der Waals surface area (Å²) in [6.45, 7) is 0.802. The zero-order valence-electron chi connectivity index (χ0n) is 10.1. The van der Waals surface area contributed by atoms with Crippen LogP contribution in [-0.4, -0.2) is 11.8 Å². The highest BCUT2D eigenvalue weighted by Gasteiger charge is 2.13. The van der Waals surface area contributed by atoms with Crippen LogP contribution in [0.3, 0.4) is 0 Å². The van der Waals surface area contributed by atoms with E-state index >= 15 is 0 Å². The summed E-state index contributed by atoms with van der Waals surface area (Å²) in [6.07, 6.45) is 1.61. The van der Waals surface area contributed by atoms with Crippen LogP contribution >= 0.6 is 0 Å². The molecule has 5 heteroatoms. The summed E-state index contributed by atoms with van der Waals surface area (Å²) in [5.41, 5.74) is 2.22. The number of benzene rings is 1. The predicted molar refractivity (Wildman–Crippen MR) is 68.8 cm³/mol. The van der Waals surface area contributed by atoms with E-state index in [9.17, 15) is 0 Å². The standard InChI is InChI=1S/C14H11N3O2/c15-7-12-10(2-1-5-16-12)8-17-11-3-4-13-14(6-11)19-9-18-13/h1-6,17H,8-9H2. The minimum absolute atomic E-state index is 0.264. The molecule has 1 aliphatic heterocycles. The van der Waals surface area contributed by atoms with Crippen LogP contribution in [0, 0.1) is 11.3 Å². The molecule has 0 bridgehead atoms. The molecular formula is C14H11N3O2. The lowest BCUT2D eigenvalue weighted by molar-refractivity contribution is 0.174. The molecule has 0 radical (unpaired) electrons. The zero-order valence-corrected chi connectivity index (χ0v) is 10.1. The number of nitrogens with zero attached hydrogens (tertiary/aromatic N) is 2. The molecule has 2 aromatic rings. The van der Waals surface area contributed by atoms with Crippen molar-refractivity contribution in [2.75, 3.05) is 12.1 Å². The summed E-state index contributed by atoms with van der Waals surface area (Å²) < 4.78 is 10.6. The van der Waals surface area contributed by atoms with Crippen molar-refractivity contribution in [3.63, 3.8) is 0 Å². The lowest BCUT2D eigenvalue weighted by atomic mass is 10.2. The van der Waals surface area contributed by atoms with Gasteiger partial charge in [-0.2, -0.15) is 5.26 Å². The molecule has 1 aliphatic rings. The van der Waals surface area contributed by atoms with Gasteiger partial charge in [0.2, 0.25) is 6.79 Å². The van der Waals surface area contributed by atoms with Crippen molar-refractivity contribution < 1.29 is 9.47 Å². The van der Waals surface area contributed by atoms with Crippen LogP contribution in [0.4, 0.5) is 5.69 Å². The number of rotatable bonds is 3. The van der Waals surface area contributed by atoms with Gasteiger partial charge in [-0.05, 0) is 18.2 Å². The highest BCUT2D eigenvalue weighted by Crippen LogP contribution is 2.34. The van der Waals surface area contributed by atoms with Gasteiger partial charge in [0.1, 0.15) is 11.8 Å². The number of hydrogen-bond donors (Lipinski definition) is 1. The fourth-order valence-corrected chi connectivity index (χ4v) is 1.89. The van der Waals surface area contributed by atoms with Crippen LogP contribution in [0.1, 0.15) is 11.3 Å². The molecule has 3 rings (SSSR count). The minimum atomic E-state index is 0.264. The molecule has 0 aliphatic carbocycles. The zero-order chi connectivity index (χ0) is 13.1. The summed E-state index contributed by atoms with van der Waals surface area (Å²) in [4.78, 5) is 4.02. The van der Waals surface area contributed by atoms with Gasteiger partial charge in [-0.1, -0.05) is 6.07 Å². The van der Waals surface area contributed by atoms with Crippen molar-refractivity contribution in [3.8, 4) is 17.6 Å². The van der Waals surface area contributed by atoms with Crippen LogP contribution in [0.2, 0.25) is 0 Å². The molecule has 0 unspecified atom stereocenters. The molecule has 5 nitrogen and oxygen atoms in total. The first kappa shape index (κ1) is 11.4. The molecule has 1 aromatic heterocycles. The first-order valence-electron chi connectivity index (χ1n) is 5.84. The molecule has 1 aromatic carbocycles. The first-order chi connectivity index (χ1) is 9.36. The molecule has 19 heavy (non-hydrogen) atoms. The van der Waals surface area contributed by atoms with Gasteiger partial charge in [0.05, 0.1) is 0 Å². The molecule has 94 valence electrons. The molecule has 0 fully saturated rings. The lowest BCUT2D eigenvalue weighted by Crippen LogP contribution is -2.02. The number of pyridine rings is 1. The lowest BCUT2D eigenvalue weighted by Gasteiger charge is -2.08. The van der Waals surface area contributed by atoms with E-state index in [-0.39, 0.29) is 6.79 Å². The fraction of sp³-hybridized carbons (Fsp3) is 0.143. The number of hydrogen-bond acceptors (Lipinski definition) is 5. The Morgan fingerprint density at radius 2 is 2.16 bits per heavy atom. The Morgan fingerprint density at radius 3 is 3.05 bits per heavy atom. The third kappa shape index (κ3) is 2.29. The Bertz CT molecular complexity index is 649. The van der Waals surface area contributed by atoms with E-state index in [4.69, 9.17) is 14.7 Å². The fourth-order valence-electron chi connectivity index (χ4n) is 1.89. The van der Waals surface area contributed by atoms with Crippen molar-refractivity contribution in [2.24, 2.45) is 0 Å². The smallest absolute Gasteiger partial charge is 0.231 e. The quantitative estimate of drug-likeness (QED) is 0.909. The maximum absolute atomic E-state index is 8.97. The summed E-state index contributed by atoms with van der Waals surface area (Å²) >= 11 is 0. The van der Waals surface area contributed by atoms with Crippen LogP contribution in [0.5, 0.6) is 11.5 Å². The van der Waals surface area contributed by atoms with Crippen molar-refractivity contribution in [2.45, 2.75) is 6.54 Å². The van der Waals surface area contributed by atoms with E-state index in [0.29, 0.717) is 12.2 Å². The molecule has 2 heterocycles. The second kappa shape index (κ2) is 4.86. The number of nitriles is 1. The minimum Gasteiger partial charge on any atom is -0.454 e.